The van der Waals surface area contributed by atoms with Gasteiger partial charge in [-0.3, -0.25) is 0 Å². The molecule has 0 bridgehead atoms. The second-order valence-corrected chi connectivity index (χ2v) is 7.74. The number of esters is 2. The quantitative estimate of drug-likeness (QED) is 0.473. The number of allylic oxidation sites excluding steroid dienone is 1. The van der Waals surface area contributed by atoms with Crippen LogP contribution in [-0.4, -0.2) is 35.4 Å². The van der Waals surface area contributed by atoms with Crippen LogP contribution in [0.3, 0.4) is 0 Å². The van der Waals surface area contributed by atoms with Crippen LogP contribution in [0.1, 0.15) is 40.0 Å². The first kappa shape index (κ1) is 17.9. The van der Waals surface area contributed by atoms with Gasteiger partial charge < -0.3 is 14.6 Å². The Morgan fingerprint density at radius 2 is 2.12 bits per heavy atom. The monoisotopic (exact) mass is 346 g/mol. The molecule has 3 aliphatic rings. The van der Waals surface area contributed by atoms with Crippen molar-refractivity contribution in [2.24, 2.45) is 17.3 Å². The van der Waals surface area contributed by atoms with E-state index in [4.69, 9.17) is 9.47 Å². The Balaban J connectivity index is 2.04. The number of hydrogen-bond acceptors (Lipinski definition) is 5. The zero-order chi connectivity index (χ0) is 18.5. The number of carbonyl (C=O) groups is 2. The highest BCUT2D eigenvalue weighted by Crippen LogP contribution is 2.57. The summed E-state index contributed by atoms with van der Waals surface area (Å²) in [6.07, 6.45) is 1.92. The van der Waals surface area contributed by atoms with Crippen molar-refractivity contribution in [3.05, 3.63) is 36.0 Å². The van der Waals surface area contributed by atoms with E-state index in [2.05, 4.69) is 13.2 Å². The molecular formula is C20H26O5. The first-order valence-corrected chi connectivity index (χ1v) is 8.80. The third-order valence-electron chi connectivity index (χ3n) is 6.30. The van der Waals surface area contributed by atoms with Crippen molar-refractivity contribution in [1.29, 1.82) is 0 Å². The second kappa shape index (κ2) is 6.13. The van der Waals surface area contributed by atoms with Crippen molar-refractivity contribution in [2.75, 3.05) is 0 Å². The molecule has 1 saturated heterocycles. The summed E-state index contributed by atoms with van der Waals surface area (Å²) in [7, 11) is 0. The topological polar surface area (TPSA) is 72.8 Å². The van der Waals surface area contributed by atoms with E-state index in [9.17, 15) is 14.7 Å². The van der Waals surface area contributed by atoms with E-state index in [1.807, 2.05) is 6.92 Å². The Labute approximate surface area is 148 Å². The molecule has 0 amide bonds. The maximum Gasteiger partial charge on any atom is 0.334 e. The van der Waals surface area contributed by atoms with Gasteiger partial charge in [0.1, 0.15) is 12.2 Å². The molecule has 0 radical (unpaired) electrons. The van der Waals surface area contributed by atoms with Gasteiger partial charge in [-0.15, -0.1) is 0 Å². The zero-order valence-corrected chi connectivity index (χ0v) is 15.1. The fourth-order valence-electron chi connectivity index (χ4n) is 4.69. The molecule has 0 aromatic heterocycles. The van der Waals surface area contributed by atoms with Gasteiger partial charge in [0.2, 0.25) is 0 Å². The number of aliphatic hydroxyl groups excluding tert-OH is 1. The summed E-state index contributed by atoms with van der Waals surface area (Å²) in [4.78, 5) is 24.5. The lowest BCUT2D eigenvalue weighted by atomic mass is 9.53. The molecule has 3 rings (SSSR count). The van der Waals surface area contributed by atoms with Crippen LogP contribution < -0.4 is 0 Å². The molecule has 2 saturated carbocycles. The Hall–Kier alpha value is -1.88. The SMILES string of the molecule is C=C1C(=O)OC2CC3(C)C(O)CCC(=C)C3C(OC(=O)/C(C)=C/C)C12. The molecule has 5 nitrogen and oxygen atoms in total. The Morgan fingerprint density at radius 3 is 2.76 bits per heavy atom. The molecule has 0 aromatic rings. The minimum atomic E-state index is -0.604. The van der Waals surface area contributed by atoms with E-state index in [0.717, 1.165) is 5.57 Å². The van der Waals surface area contributed by atoms with Crippen molar-refractivity contribution in [3.63, 3.8) is 0 Å². The highest BCUT2D eigenvalue weighted by molar-refractivity contribution is 5.91. The predicted octanol–water partition coefficient (Wildman–Crippen LogP) is 2.70. The number of hydrogen-bond donors (Lipinski definition) is 1. The third kappa shape index (κ3) is 2.65. The molecule has 136 valence electrons. The van der Waals surface area contributed by atoms with Gasteiger partial charge in [0.15, 0.2) is 0 Å². The number of carbonyl (C=O) groups excluding carboxylic acids is 2. The molecule has 25 heavy (non-hydrogen) atoms. The van der Waals surface area contributed by atoms with Crippen LogP contribution in [0, 0.1) is 17.3 Å². The normalized spacial score (nSPS) is 41.0. The van der Waals surface area contributed by atoms with Crippen LogP contribution in [0.5, 0.6) is 0 Å². The smallest absolute Gasteiger partial charge is 0.334 e. The van der Waals surface area contributed by atoms with Crippen LogP contribution in [0.15, 0.2) is 36.0 Å². The fourth-order valence-corrected chi connectivity index (χ4v) is 4.69. The highest BCUT2D eigenvalue weighted by Gasteiger charge is 2.62. The van der Waals surface area contributed by atoms with Gasteiger partial charge >= 0.3 is 11.9 Å². The van der Waals surface area contributed by atoms with Crippen molar-refractivity contribution in [3.8, 4) is 0 Å². The van der Waals surface area contributed by atoms with Crippen LogP contribution >= 0.6 is 0 Å². The molecule has 5 heteroatoms. The first-order valence-electron chi connectivity index (χ1n) is 8.80. The standard InChI is InChI=1S/C20H26O5/c1-6-10(2)18(22)25-17-15-12(4)19(23)24-13(15)9-20(5)14(21)8-7-11(3)16(17)20/h6,13-17,21H,3-4,7-9H2,1-2,5H3/b10-6+. The minimum Gasteiger partial charge on any atom is -0.458 e. The Bertz CT molecular complexity index is 676. The van der Waals surface area contributed by atoms with E-state index < -0.39 is 35.7 Å². The summed E-state index contributed by atoms with van der Waals surface area (Å²) in [5, 5.41) is 10.7. The Morgan fingerprint density at radius 1 is 1.44 bits per heavy atom. The van der Waals surface area contributed by atoms with Crippen LogP contribution in [0.4, 0.5) is 0 Å². The van der Waals surface area contributed by atoms with Crippen molar-refractivity contribution in [2.45, 2.75) is 58.3 Å². The van der Waals surface area contributed by atoms with E-state index >= 15 is 0 Å². The van der Waals surface area contributed by atoms with Crippen LogP contribution in [0.2, 0.25) is 0 Å². The molecule has 2 aliphatic carbocycles. The van der Waals surface area contributed by atoms with Crippen molar-refractivity contribution < 1.29 is 24.2 Å². The molecule has 0 spiro atoms. The second-order valence-electron chi connectivity index (χ2n) is 7.74. The summed E-state index contributed by atoms with van der Waals surface area (Å²) in [6.45, 7) is 13.5. The van der Waals surface area contributed by atoms with Crippen LogP contribution in [0.25, 0.3) is 0 Å². The molecule has 0 aromatic carbocycles. The summed E-state index contributed by atoms with van der Waals surface area (Å²) < 4.78 is 11.3. The number of rotatable bonds is 2. The molecule has 1 heterocycles. The largest absolute Gasteiger partial charge is 0.458 e. The van der Waals surface area contributed by atoms with E-state index in [0.29, 0.717) is 30.4 Å². The summed E-state index contributed by atoms with van der Waals surface area (Å²) in [5.41, 5.74) is 1.25. The van der Waals surface area contributed by atoms with E-state index in [-0.39, 0.29) is 11.8 Å². The lowest BCUT2D eigenvalue weighted by molar-refractivity contribution is -0.177. The van der Waals surface area contributed by atoms with Gasteiger partial charge in [-0.05, 0) is 33.1 Å². The van der Waals surface area contributed by atoms with Gasteiger partial charge in [0.05, 0.1) is 12.0 Å². The zero-order valence-electron chi connectivity index (χ0n) is 15.1. The maximum atomic E-state index is 12.4. The lowest BCUT2D eigenvalue weighted by Crippen LogP contribution is -2.58. The lowest BCUT2D eigenvalue weighted by Gasteiger charge is -2.54. The van der Waals surface area contributed by atoms with Gasteiger partial charge in [0.25, 0.3) is 0 Å². The van der Waals surface area contributed by atoms with Gasteiger partial charge in [-0.1, -0.05) is 31.7 Å². The number of ether oxygens (including phenoxy) is 2. The number of aliphatic hydroxyl groups is 1. The van der Waals surface area contributed by atoms with Gasteiger partial charge in [-0.2, -0.15) is 0 Å². The summed E-state index contributed by atoms with van der Waals surface area (Å²) in [5.74, 6) is -1.48. The minimum absolute atomic E-state index is 0.225. The van der Waals surface area contributed by atoms with E-state index in [1.165, 1.54) is 0 Å². The maximum absolute atomic E-state index is 12.4. The summed E-state index contributed by atoms with van der Waals surface area (Å²) in [6, 6.07) is 0. The first-order chi connectivity index (χ1) is 11.7. The Kier molecular flexibility index (Phi) is 4.40. The molecule has 6 unspecified atom stereocenters. The van der Waals surface area contributed by atoms with E-state index in [1.54, 1.807) is 19.9 Å². The van der Waals surface area contributed by atoms with Gasteiger partial charge in [-0.25, -0.2) is 9.59 Å². The molecule has 3 fully saturated rings. The van der Waals surface area contributed by atoms with Gasteiger partial charge in [0, 0.05) is 22.5 Å². The number of fused-ring (bicyclic) bond motifs is 2. The van der Waals surface area contributed by atoms with Crippen molar-refractivity contribution in [1.82, 2.24) is 0 Å². The molecule has 6 atom stereocenters. The third-order valence-corrected chi connectivity index (χ3v) is 6.30. The van der Waals surface area contributed by atoms with Crippen molar-refractivity contribution >= 4 is 11.9 Å². The molecule has 1 aliphatic heterocycles. The highest BCUT2D eigenvalue weighted by atomic mass is 16.6. The average Bonchev–Trinajstić information content (AvgIpc) is 2.84. The molecule has 1 N–H and O–H groups in total. The molecular weight excluding hydrogens is 320 g/mol. The van der Waals surface area contributed by atoms with Crippen LogP contribution in [-0.2, 0) is 19.1 Å². The fraction of sp³-hybridized carbons (Fsp3) is 0.600. The predicted molar refractivity (Wildman–Crippen MR) is 92.4 cm³/mol. The summed E-state index contributed by atoms with van der Waals surface area (Å²) >= 11 is 0. The average molecular weight is 346 g/mol.